The number of ether oxygens (including phenoxy) is 3. The van der Waals surface area contributed by atoms with Gasteiger partial charge in [-0.1, -0.05) is 169 Å². The Balaban J connectivity index is 4.36. The SMILES string of the molecule is CC/C=C/C/C=C/C/C=C/C/C=C/C/C=C/CCCC(=O)OC(COCCC(C(=O)O)[N+](C)(C)C)COC(=O)CCCCCCCCCCCCC/C=C/C/C=C/C/C=C/CC. The molecular formula is C54H90NO7+. The average molecular weight is 865 g/mol. The zero-order valence-corrected chi connectivity index (χ0v) is 40.0. The van der Waals surface area contributed by atoms with E-state index in [1.165, 1.54) is 57.8 Å². The largest absolute Gasteiger partial charge is 0.477 e. The van der Waals surface area contributed by atoms with Gasteiger partial charge in [0.2, 0.25) is 0 Å². The van der Waals surface area contributed by atoms with Gasteiger partial charge in [-0.25, -0.2) is 4.79 Å². The topological polar surface area (TPSA) is 99.1 Å². The molecule has 1 N–H and O–H groups in total. The maximum Gasteiger partial charge on any atom is 0.362 e. The van der Waals surface area contributed by atoms with Crippen molar-refractivity contribution in [1.29, 1.82) is 0 Å². The van der Waals surface area contributed by atoms with Gasteiger partial charge in [0.25, 0.3) is 0 Å². The lowest BCUT2D eigenvalue weighted by atomic mass is 10.0. The van der Waals surface area contributed by atoms with Gasteiger partial charge in [-0.05, 0) is 83.5 Å². The Kier molecular flexibility index (Phi) is 41.2. The number of rotatable bonds is 42. The fourth-order valence-electron chi connectivity index (χ4n) is 6.55. The molecule has 0 saturated heterocycles. The Morgan fingerprint density at radius 2 is 0.871 bits per heavy atom. The van der Waals surface area contributed by atoms with Gasteiger partial charge in [-0.3, -0.25) is 9.59 Å². The van der Waals surface area contributed by atoms with Crippen molar-refractivity contribution in [2.75, 3.05) is 41.0 Å². The van der Waals surface area contributed by atoms with Gasteiger partial charge in [-0.2, -0.15) is 0 Å². The van der Waals surface area contributed by atoms with E-state index in [2.05, 4.69) is 111 Å². The molecule has 0 aliphatic carbocycles. The highest BCUT2D eigenvalue weighted by Crippen LogP contribution is 2.14. The molecule has 0 aromatic carbocycles. The number of quaternary nitrogens is 1. The van der Waals surface area contributed by atoms with E-state index in [1.807, 2.05) is 21.1 Å². The number of nitrogens with zero attached hydrogens (tertiary/aromatic N) is 1. The molecule has 62 heavy (non-hydrogen) atoms. The summed E-state index contributed by atoms with van der Waals surface area (Å²) < 4.78 is 17.3. The standard InChI is InChI=1S/C54H89NO7/c1-6-8-10-12-14-16-18-20-22-24-25-26-27-29-30-32-34-36-38-40-42-44-52(56)61-49-50(48-60-47-46-51(54(58)59)55(3,4)5)62-53(57)45-43-41-39-37-35-33-31-28-23-21-19-17-15-13-11-9-7-2/h8-11,14-17,20-23,31,33,37,39,50-51H,6-7,12-13,18-19,24-30,32,34-36,38,40-49H2,1-5H3/p+1/b10-8+,11-9+,16-14+,17-15+,22-20+,23-21+,33-31+,39-37+. The van der Waals surface area contributed by atoms with E-state index in [0.29, 0.717) is 19.3 Å². The van der Waals surface area contributed by atoms with Crippen LogP contribution in [-0.4, -0.2) is 80.6 Å². The number of aliphatic carboxylic acids is 1. The fourth-order valence-corrected chi connectivity index (χ4v) is 6.55. The first-order valence-corrected chi connectivity index (χ1v) is 24.3. The molecule has 0 saturated carbocycles. The lowest BCUT2D eigenvalue weighted by Gasteiger charge is -2.31. The third-order valence-corrected chi connectivity index (χ3v) is 10.2. The summed E-state index contributed by atoms with van der Waals surface area (Å²) >= 11 is 0. The molecule has 0 aliphatic rings. The molecule has 0 heterocycles. The van der Waals surface area contributed by atoms with Crippen molar-refractivity contribution in [3.8, 4) is 0 Å². The number of unbranched alkanes of at least 4 members (excludes halogenated alkanes) is 12. The minimum Gasteiger partial charge on any atom is -0.477 e. The molecule has 8 heteroatoms. The van der Waals surface area contributed by atoms with Gasteiger partial charge in [-0.15, -0.1) is 0 Å². The van der Waals surface area contributed by atoms with Crippen LogP contribution >= 0.6 is 0 Å². The third kappa shape index (κ3) is 41.6. The Labute approximate surface area is 379 Å². The van der Waals surface area contributed by atoms with Crippen LogP contribution in [0.4, 0.5) is 0 Å². The highest BCUT2D eigenvalue weighted by Gasteiger charge is 2.31. The van der Waals surface area contributed by atoms with Gasteiger partial charge in [0.15, 0.2) is 12.1 Å². The Morgan fingerprint density at radius 1 is 0.484 bits per heavy atom. The van der Waals surface area contributed by atoms with Crippen LogP contribution in [0.3, 0.4) is 0 Å². The fraction of sp³-hybridized carbons (Fsp3) is 0.648. The summed E-state index contributed by atoms with van der Waals surface area (Å²) in [4.78, 5) is 37.1. The van der Waals surface area contributed by atoms with Crippen LogP contribution in [0.5, 0.6) is 0 Å². The van der Waals surface area contributed by atoms with Gasteiger partial charge >= 0.3 is 17.9 Å². The smallest absolute Gasteiger partial charge is 0.362 e. The molecule has 0 spiro atoms. The Morgan fingerprint density at radius 3 is 1.31 bits per heavy atom. The van der Waals surface area contributed by atoms with Gasteiger partial charge < -0.3 is 23.8 Å². The minimum absolute atomic E-state index is 0.0322. The molecule has 0 fully saturated rings. The van der Waals surface area contributed by atoms with Crippen molar-refractivity contribution in [2.45, 2.75) is 187 Å². The van der Waals surface area contributed by atoms with Crippen LogP contribution in [0.15, 0.2) is 97.2 Å². The Bertz CT molecular complexity index is 1330. The zero-order valence-electron chi connectivity index (χ0n) is 40.0. The number of carboxylic acid groups (broad SMARTS) is 1. The maximum atomic E-state index is 12.7. The monoisotopic (exact) mass is 865 g/mol. The van der Waals surface area contributed by atoms with Crippen molar-refractivity contribution in [3.63, 3.8) is 0 Å². The summed E-state index contributed by atoms with van der Waals surface area (Å²) in [7, 11) is 5.50. The predicted molar refractivity (Wildman–Crippen MR) is 261 cm³/mol. The van der Waals surface area contributed by atoms with E-state index in [-0.39, 0.29) is 42.7 Å². The Hall–Kier alpha value is -3.75. The quantitative estimate of drug-likeness (QED) is 0.0282. The molecule has 0 radical (unpaired) electrons. The second-order valence-electron chi connectivity index (χ2n) is 17.0. The zero-order chi connectivity index (χ0) is 45.6. The number of hydrogen-bond acceptors (Lipinski definition) is 6. The van der Waals surface area contributed by atoms with Gasteiger partial charge in [0.1, 0.15) is 6.61 Å². The van der Waals surface area contributed by atoms with Crippen LogP contribution in [0.1, 0.15) is 174 Å². The van der Waals surface area contributed by atoms with Crippen LogP contribution in [0, 0.1) is 0 Å². The predicted octanol–water partition coefficient (Wildman–Crippen LogP) is 13.9. The molecule has 2 unspecified atom stereocenters. The summed E-state index contributed by atoms with van der Waals surface area (Å²) in [6, 6.07) is -0.631. The first kappa shape index (κ1) is 58.2. The number of esters is 2. The first-order valence-electron chi connectivity index (χ1n) is 24.3. The molecule has 0 aromatic heterocycles. The molecular weight excluding hydrogens is 775 g/mol. The second-order valence-corrected chi connectivity index (χ2v) is 17.0. The van der Waals surface area contributed by atoms with Crippen molar-refractivity contribution in [3.05, 3.63) is 97.2 Å². The van der Waals surface area contributed by atoms with E-state index in [4.69, 9.17) is 14.2 Å². The van der Waals surface area contributed by atoms with Crippen LogP contribution in [-0.2, 0) is 28.6 Å². The first-order chi connectivity index (χ1) is 30.1. The number of hydrogen-bond donors (Lipinski definition) is 1. The van der Waals surface area contributed by atoms with Crippen LogP contribution in [0.2, 0.25) is 0 Å². The lowest BCUT2D eigenvalue weighted by Crippen LogP contribution is -2.50. The molecule has 2 atom stereocenters. The van der Waals surface area contributed by atoms with Crippen LogP contribution < -0.4 is 0 Å². The van der Waals surface area contributed by atoms with Gasteiger partial charge in [0, 0.05) is 19.3 Å². The number of carbonyl (C=O) groups is 3. The molecule has 8 nitrogen and oxygen atoms in total. The molecule has 352 valence electrons. The number of likely N-dealkylation sites (N-methyl/N-ethyl adjacent to an activating group) is 1. The molecule has 0 bridgehead atoms. The van der Waals surface area contributed by atoms with Crippen molar-refractivity contribution >= 4 is 17.9 Å². The summed E-state index contributed by atoms with van der Waals surface area (Å²) in [5.74, 6) is -1.56. The van der Waals surface area contributed by atoms with Crippen molar-refractivity contribution in [1.82, 2.24) is 0 Å². The second kappa shape index (κ2) is 43.9. The van der Waals surface area contributed by atoms with Crippen molar-refractivity contribution < 1.29 is 38.2 Å². The molecule has 0 aromatic rings. The average Bonchev–Trinajstić information content (AvgIpc) is 3.23. The number of allylic oxidation sites excluding steroid dienone is 16. The minimum atomic E-state index is -0.888. The van der Waals surface area contributed by atoms with E-state index < -0.39 is 18.1 Å². The third-order valence-electron chi connectivity index (χ3n) is 10.2. The van der Waals surface area contributed by atoms with E-state index in [9.17, 15) is 19.5 Å². The van der Waals surface area contributed by atoms with E-state index in [0.717, 1.165) is 77.0 Å². The number of carbonyl (C=O) groups excluding carboxylic acids is 2. The molecule has 0 rings (SSSR count). The lowest BCUT2D eigenvalue weighted by molar-refractivity contribution is -0.887. The summed E-state index contributed by atoms with van der Waals surface area (Å²) in [6.07, 6.45) is 58.9. The number of carboxylic acids is 1. The summed E-state index contributed by atoms with van der Waals surface area (Å²) in [5.41, 5.74) is 0. The van der Waals surface area contributed by atoms with Gasteiger partial charge in [0.05, 0.1) is 34.4 Å². The highest BCUT2D eigenvalue weighted by molar-refractivity contribution is 5.72. The summed E-state index contributed by atoms with van der Waals surface area (Å²) in [5, 5.41) is 9.64. The van der Waals surface area contributed by atoms with E-state index >= 15 is 0 Å². The highest BCUT2D eigenvalue weighted by atomic mass is 16.6. The van der Waals surface area contributed by atoms with Crippen LogP contribution in [0.25, 0.3) is 0 Å². The molecule has 0 aliphatic heterocycles. The molecule has 0 amide bonds. The van der Waals surface area contributed by atoms with Crippen molar-refractivity contribution in [2.24, 2.45) is 0 Å². The van der Waals surface area contributed by atoms with E-state index in [1.54, 1.807) is 0 Å². The maximum absolute atomic E-state index is 12.7. The normalized spacial score (nSPS) is 13.8. The summed E-state index contributed by atoms with van der Waals surface area (Å²) in [6.45, 7) is 4.44.